The molecule has 2 amide bonds. The molecule has 0 unspecified atom stereocenters. The van der Waals surface area contributed by atoms with Crippen LogP contribution in [0.15, 0.2) is 48.5 Å². The van der Waals surface area contributed by atoms with Crippen molar-refractivity contribution in [1.82, 2.24) is 10.2 Å². The molecule has 34 heavy (non-hydrogen) atoms. The van der Waals surface area contributed by atoms with E-state index in [1.54, 1.807) is 18.2 Å². The summed E-state index contributed by atoms with van der Waals surface area (Å²) in [5.74, 6) is 0.259. The quantitative estimate of drug-likeness (QED) is 0.524. The smallest absolute Gasteiger partial charge is 0.262 e. The molecule has 2 N–H and O–H groups in total. The molecule has 2 fully saturated rings. The van der Waals surface area contributed by atoms with E-state index in [0.29, 0.717) is 23.5 Å². The van der Waals surface area contributed by atoms with Crippen LogP contribution >= 0.6 is 0 Å². The fraction of sp³-hybridized carbons (Fsp3) is 0.462. The minimum absolute atomic E-state index is 0.0963. The van der Waals surface area contributed by atoms with Crippen LogP contribution in [0.25, 0.3) is 0 Å². The summed E-state index contributed by atoms with van der Waals surface area (Å²) in [5.41, 5.74) is 2.10. The van der Waals surface area contributed by atoms with Gasteiger partial charge in [-0.25, -0.2) is 0 Å². The minimum Gasteiger partial charge on any atom is -0.484 e. The summed E-state index contributed by atoms with van der Waals surface area (Å²) in [6.07, 6.45) is 3.13. The molecular formula is C26H34N4O4. The molecule has 0 atom stereocenters. The number of hydrogen-bond donors (Lipinski definition) is 2. The molecular weight excluding hydrogens is 432 g/mol. The second-order valence-electron chi connectivity index (χ2n) is 8.64. The highest BCUT2D eigenvalue weighted by molar-refractivity contribution is 6.02. The van der Waals surface area contributed by atoms with Crippen molar-refractivity contribution in [3.63, 3.8) is 0 Å². The Labute approximate surface area is 201 Å². The van der Waals surface area contributed by atoms with Crippen molar-refractivity contribution in [3.8, 4) is 5.75 Å². The van der Waals surface area contributed by atoms with Crippen molar-refractivity contribution in [2.24, 2.45) is 0 Å². The summed E-state index contributed by atoms with van der Waals surface area (Å²) in [7, 11) is 0. The Morgan fingerprint density at radius 1 is 0.971 bits per heavy atom. The van der Waals surface area contributed by atoms with Crippen molar-refractivity contribution in [1.29, 1.82) is 0 Å². The average molecular weight is 467 g/mol. The predicted molar refractivity (Wildman–Crippen MR) is 133 cm³/mol. The standard InChI is InChI=1S/C26H34N4O4/c31-25(20-34-22-7-2-1-3-8-22)28-21-9-10-24(30-13-4-5-14-30)23(19-21)26(32)27-11-6-12-29-15-17-33-18-16-29/h1-3,7-10,19H,4-6,11-18,20H2,(H,27,32)(H,28,31). The lowest BCUT2D eigenvalue weighted by atomic mass is 10.1. The number of nitrogens with one attached hydrogen (secondary N) is 2. The molecule has 4 rings (SSSR count). The van der Waals surface area contributed by atoms with Crippen molar-refractivity contribution in [2.45, 2.75) is 19.3 Å². The molecule has 0 aliphatic carbocycles. The largest absolute Gasteiger partial charge is 0.484 e. The van der Waals surface area contributed by atoms with Crippen LogP contribution in [0.5, 0.6) is 5.75 Å². The highest BCUT2D eigenvalue weighted by atomic mass is 16.5. The lowest BCUT2D eigenvalue weighted by Crippen LogP contribution is -2.38. The Morgan fingerprint density at radius 2 is 1.74 bits per heavy atom. The van der Waals surface area contributed by atoms with Gasteiger partial charge in [-0.2, -0.15) is 0 Å². The first-order chi connectivity index (χ1) is 16.7. The number of rotatable bonds is 10. The molecule has 0 saturated carbocycles. The molecule has 2 aliphatic heterocycles. The molecule has 8 nitrogen and oxygen atoms in total. The predicted octanol–water partition coefficient (Wildman–Crippen LogP) is 2.76. The van der Waals surface area contributed by atoms with Crippen LogP contribution < -0.4 is 20.3 Å². The van der Waals surface area contributed by atoms with Gasteiger partial charge in [-0.15, -0.1) is 0 Å². The number of amides is 2. The number of anilines is 2. The summed E-state index contributed by atoms with van der Waals surface area (Å²) in [4.78, 5) is 30.1. The molecule has 0 spiro atoms. The van der Waals surface area contributed by atoms with Gasteiger partial charge in [-0.05, 0) is 56.1 Å². The van der Waals surface area contributed by atoms with Crippen molar-refractivity contribution in [3.05, 3.63) is 54.1 Å². The Bertz CT molecular complexity index is 941. The zero-order chi connectivity index (χ0) is 23.6. The van der Waals surface area contributed by atoms with E-state index in [1.165, 1.54) is 0 Å². The van der Waals surface area contributed by atoms with E-state index in [1.807, 2.05) is 30.3 Å². The zero-order valence-electron chi connectivity index (χ0n) is 19.6. The molecule has 2 heterocycles. The molecule has 2 aromatic carbocycles. The molecule has 0 aromatic heterocycles. The molecule has 8 heteroatoms. The second-order valence-corrected chi connectivity index (χ2v) is 8.64. The third-order valence-corrected chi connectivity index (χ3v) is 6.13. The van der Waals surface area contributed by atoms with Crippen LogP contribution in [0.4, 0.5) is 11.4 Å². The van der Waals surface area contributed by atoms with Gasteiger partial charge in [0.25, 0.3) is 11.8 Å². The van der Waals surface area contributed by atoms with E-state index in [0.717, 1.165) is 70.9 Å². The molecule has 2 aromatic rings. The number of ether oxygens (including phenoxy) is 2. The summed E-state index contributed by atoms with van der Waals surface area (Å²) < 4.78 is 10.9. The average Bonchev–Trinajstić information content (AvgIpc) is 3.41. The van der Waals surface area contributed by atoms with Gasteiger partial charge in [0.2, 0.25) is 0 Å². The summed E-state index contributed by atoms with van der Waals surface area (Å²) >= 11 is 0. The third-order valence-electron chi connectivity index (χ3n) is 6.13. The van der Waals surface area contributed by atoms with Crippen LogP contribution in [0.1, 0.15) is 29.6 Å². The summed E-state index contributed by atoms with van der Waals surface area (Å²) in [6.45, 7) is 6.78. The van der Waals surface area contributed by atoms with Gasteiger partial charge in [-0.3, -0.25) is 14.5 Å². The number of carbonyl (C=O) groups excluding carboxylic acids is 2. The van der Waals surface area contributed by atoms with Gasteiger partial charge in [0.1, 0.15) is 5.75 Å². The van der Waals surface area contributed by atoms with E-state index in [9.17, 15) is 9.59 Å². The number of carbonyl (C=O) groups is 2. The maximum Gasteiger partial charge on any atom is 0.262 e. The van der Waals surface area contributed by atoms with E-state index in [4.69, 9.17) is 9.47 Å². The van der Waals surface area contributed by atoms with Gasteiger partial charge < -0.3 is 25.0 Å². The third kappa shape index (κ3) is 6.95. The van der Waals surface area contributed by atoms with Crippen LogP contribution in [0.2, 0.25) is 0 Å². The first-order valence-corrected chi connectivity index (χ1v) is 12.1. The van der Waals surface area contributed by atoms with Gasteiger partial charge >= 0.3 is 0 Å². The number of nitrogens with zero attached hydrogens (tertiary/aromatic N) is 2. The molecule has 182 valence electrons. The molecule has 0 bridgehead atoms. The zero-order valence-corrected chi connectivity index (χ0v) is 19.6. The molecule has 2 aliphatic rings. The maximum atomic E-state index is 13.1. The fourth-order valence-electron chi connectivity index (χ4n) is 4.32. The van der Waals surface area contributed by atoms with Crippen LogP contribution in [-0.4, -0.2) is 75.8 Å². The summed E-state index contributed by atoms with van der Waals surface area (Å²) in [5, 5.41) is 5.92. The highest BCUT2D eigenvalue weighted by Gasteiger charge is 2.20. The van der Waals surface area contributed by atoms with Gasteiger partial charge in [0.15, 0.2) is 6.61 Å². The summed E-state index contributed by atoms with van der Waals surface area (Å²) in [6, 6.07) is 14.8. The van der Waals surface area contributed by atoms with Crippen LogP contribution in [0.3, 0.4) is 0 Å². The van der Waals surface area contributed by atoms with Crippen molar-refractivity contribution < 1.29 is 19.1 Å². The molecule has 2 saturated heterocycles. The van der Waals surface area contributed by atoms with E-state index < -0.39 is 0 Å². The normalized spacial score (nSPS) is 16.3. The van der Waals surface area contributed by atoms with E-state index in [-0.39, 0.29) is 18.4 Å². The number of morpholine rings is 1. The van der Waals surface area contributed by atoms with Gasteiger partial charge in [0, 0.05) is 44.1 Å². The fourth-order valence-corrected chi connectivity index (χ4v) is 4.32. The lowest BCUT2D eigenvalue weighted by molar-refractivity contribution is -0.118. The Kier molecular flexibility index (Phi) is 8.76. The van der Waals surface area contributed by atoms with Crippen molar-refractivity contribution in [2.75, 3.05) is 69.3 Å². The van der Waals surface area contributed by atoms with E-state index >= 15 is 0 Å². The Balaban J connectivity index is 1.35. The van der Waals surface area contributed by atoms with Crippen molar-refractivity contribution >= 4 is 23.2 Å². The monoisotopic (exact) mass is 466 g/mol. The maximum absolute atomic E-state index is 13.1. The van der Waals surface area contributed by atoms with Crippen LogP contribution in [0, 0.1) is 0 Å². The number of hydrogen-bond acceptors (Lipinski definition) is 6. The topological polar surface area (TPSA) is 83.1 Å². The lowest BCUT2D eigenvalue weighted by Gasteiger charge is -2.26. The van der Waals surface area contributed by atoms with Gasteiger partial charge in [0.05, 0.1) is 18.8 Å². The SMILES string of the molecule is O=C(COc1ccccc1)Nc1ccc(N2CCCC2)c(C(=O)NCCCN2CCOCC2)c1. The molecule has 0 radical (unpaired) electrons. The first kappa shape index (κ1) is 24.0. The van der Waals surface area contributed by atoms with Gasteiger partial charge in [-0.1, -0.05) is 18.2 Å². The number of benzene rings is 2. The highest BCUT2D eigenvalue weighted by Crippen LogP contribution is 2.27. The minimum atomic E-state index is -0.269. The Hall–Kier alpha value is -3.10. The first-order valence-electron chi connectivity index (χ1n) is 12.1. The Morgan fingerprint density at radius 3 is 2.50 bits per heavy atom. The van der Waals surface area contributed by atoms with E-state index in [2.05, 4.69) is 20.4 Å². The second kappa shape index (κ2) is 12.4. The number of para-hydroxylation sites is 1. The van der Waals surface area contributed by atoms with Crippen LogP contribution in [-0.2, 0) is 9.53 Å².